The Labute approximate surface area is 114 Å². The molecule has 0 aliphatic rings. The fraction of sp³-hybridized carbons (Fsp3) is 0.0769. The molecule has 6 heteroatoms. The molecular formula is C13H13N5S. The van der Waals surface area contributed by atoms with Gasteiger partial charge in [0.15, 0.2) is 5.82 Å². The summed E-state index contributed by atoms with van der Waals surface area (Å²) in [6, 6.07) is 8.13. The third kappa shape index (κ3) is 2.11. The average Bonchev–Trinajstić information content (AvgIpc) is 2.84. The molecule has 5 nitrogen and oxygen atoms in total. The highest BCUT2D eigenvalue weighted by Gasteiger charge is 2.08. The number of rotatable bonds is 2. The maximum atomic E-state index is 5.64. The number of nitrogens with two attached hydrogens (primary N) is 2. The molecule has 3 rings (SSSR count). The van der Waals surface area contributed by atoms with E-state index in [2.05, 4.69) is 33.8 Å². The lowest BCUT2D eigenvalue weighted by molar-refractivity contribution is 1.19. The van der Waals surface area contributed by atoms with Crippen LogP contribution in [-0.4, -0.2) is 9.97 Å². The average molecular weight is 271 g/mol. The van der Waals surface area contributed by atoms with Crippen molar-refractivity contribution in [2.75, 3.05) is 11.2 Å². The lowest BCUT2D eigenvalue weighted by atomic mass is 10.1. The molecule has 0 amide bonds. The molecular weight excluding hydrogens is 258 g/mol. The van der Waals surface area contributed by atoms with Crippen LogP contribution in [0, 0.1) is 6.92 Å². The van der Waals surface area contributed by atoms with E-state index in [4.69, 9.17) is 11.6 Å². The number of nitrogens with one attached hydrogen (secondary N) is 1. The van der Waals surface area contributed by atoms with Gasteiger partial charge in [0.2, 0.25) is 5.95 Å². The molecule has 0 atom stereocenters. The molecule has 3 aromatic rings. The van der Waals surface area contributed by atoms with Crippen LogP contribution in [0.5, 0.6) is 0 Å². The van der Waals surface area contributed by atoms with Crippen LogP contribution in [0.25, 0.3) is 21.3 Å². The first kappa shape index (κ1) is 11.9. The standard InChI is InChI=1S/C13H13N5S/c1-7-4-11(19-6-7)8-2-3-10-9(5-8)12(18-15)17-13(14)16-10/h2-6H,15H2,1H3,(H3,14,16,17,18). The second-order valence-electron chi connectivity index (χ2n) is 4.29. The van der Waals surface area contributed by atoms with E-state index in [0.717, 1.165) is 16.5 Å². The Kier molecular flexibility index (Phi) is 2.81. The van der Waals surface area contributed by atoms with Crippen molar-refractivity contribution in [3.63, 3.8) is 0 Å². The van der Waals surface area contributed by atoms with Gasteiger partial charge < -0.3 is 11.2 Å². The Hall–Kier alpha value is -2.18. The number of hydrazine groups is 1. The summed E-state index contributed by atoms with van der Waals surface area (Å²) in [6.07, 6.45) is 0. The summed E-state index contributed by atoms with van der Waals surface area (Å²) in [7, 11) is 0. The highest BCUT2D eigenvalue weighted by molar-refractivity contribution is 7.13. The van der Waals surface area contributed by atoms with Crippen LogP contribution < -0.4 is 17.0 Å². The Morgan fingerprint density at radius 3 is 2.74 bits per heavy atom. The van der Waals surface area contributed by atoms with Crippen molar-refractivity contribution >= 4 is 34.0 Å². The van der Waals surface area contributed by atoms with Crippen LogP contribution in [0.1, 0.15) is 5.56 Å². The normalized spacial score (nSPS) is 10.8. The van der Waals surface area contributed by atoms with E-state index in [-0.39, 0.29) is 5.95 Å². The molecule has 5 N–H and O–H groups in total. The van der Waals surface area contributed by atoms with Gasteiger partial charge in [-0.1, -0.05) is 6.07 Å². The fourth-order valence-corrected chi connectivity index (χ4v) is 2.89. The molecule has 19 heavy (non-hydrogen) atoms. The van der Waals surface area contributed by atoms with Crippen molar-refractivity contribution in [3.05, 3.63) is 35.2 Å². The molecule has 2 aromatic heterocycles. The van der Waals surface area contributed by atoms with Gasteiger partial charge in [0.1, 0.15) is 0 Å². The number of nitrogens with zero attached hydrogens (tertiary/aromatic N) is 2. The first-order valence-corrected chi connectivity index (χ1v) is 6.65. The highest BCUT2D eigenvalue weighted by Crippen LogP contribution is 2.31. The molecule has 96 valence electrons. The minimum atomic E-state index is 0.208. The van der Waals surface area contributed by atoms with Gasteiger partial charge in [-0.3, -0.25) is 0 Å². The molecule has 1 aromatic carbocycles. The summed E-state index contributed by atoms with van der Waals surface area (Å²) < 4.78 is 0. The number of aryl methyl sites for hydroxylation is 1. The Morgan fingerprint density at radius 1 is 1.21 bits per heavy atom. The van der Waals surface area contributed by atoms with E-state index in [9.17, 15) is 0 Å². The number of anilines is 2. The van der Waals surface area contributed by atoms with Crippen molar-refractivity contribution in [2.45, 2.75) is 6.92 Å². The van der Waals surface area contributed by atoms with Gasteiger partial charge in [0.05, 0.1) is 5.52 Å². The zero-order chi connectivity index (χ0) is 13.4. The second-order valence-corrected chi connectivity index (χ2v) is 5.21. The number of thiophene rings is 1. The summed E-state index contributed by atoms with van der Waals surface area (Å²) in [5.74, 6) is 6.23. The zero-order valence-electron chi connectivity index (χ0n) is 10.3. The van der Waals surface area contributed by atoms with Crippen molar-refractivity contribution in [3.8, 4) is 10.4 Å². The van der Waals surface area contributed by atoms with Gasteiger partial charge in [-0.05, 0) is 41.6 Å². The quantitative estimate of drug-likeness (QED) is 0.492. The molecule has 0 fully saturated rings. The van der Waals surface area contributed by atoms with Gasteiger partial charge in [-0.25, -0.2) is 10.8 Å². The van der Waals surface area contributed by atoms with Crippen LogP contribution >= 0.6 is 11.3 Å². The second kappa shape index (κ2) is 4.49. The molecule has 0 aliphatic carbocycles. The van der Waals surface area contributed by atoms with Gasteiger partial charge in [0.25, 0.3) is 0 Å². The predicted octanol–water partition coefficient (Wildman–Crippen LogP) is 2.53. The van der Waals surface area contributed by atoms with Crippen LogP contribution in [0.2, 0.25) is 0 Å². The summed E-state index contributed by atoms with van der Waals surface area (Å²) >= 11 is 1.71. The summed E-state index contributed by atoms with van der Waals surface area (Å²) in [4.78, 5) is 9.50. The Balaban J connectivity index is 2.22. The molecule has 0 radical (unpaired) electrons. The van der Waals surface area contributed by atoms with Crippen LogP contribution in [-0.2, 0) is 0 Å². The number of hydrogen-bond acceptors (Lipinski definition) is 6. The van der Waals surface area contributed by atoms with E-state index in [1.807, 2.05) is 18.2 Å². The first-order chi connectivity index (χ1) is 9.17. The Morgan fingerprint density at radius 2 is 2.05 bits per heavy atom. The molecule has 2 heterocycles. The van der Waals surface area contributed by atoms with Gasteiger partial charge >= 0.3 is 0 Å². The molecule has 0 bridgehead atoms. The largest absolute Gasteiger partial charge is 0.368 e. The van der Waals surface area contributed by atoms with Crippen molar-refractivity contribution < 1.29 is 0 Å². The maximum Gasteiger partial charge on any atom is 0.222 e. The number of nitrogen functional groups attached to an aromatic ring is 2. The first-order valence-electron chi connectivity index (χ1n) is 5.77. The molecule has 0 aliphatic heterocycles. The number of aromatic nitrogens is 2. The molecule has 0 saturated carbocycles. The SMILES string of the molecule is Cc1csc(-c2ccc3nc(N)nc(NN)c3c2)c1. The summed E-state index contributed by atoms with van der Waals surface area (Å²) in [5, 5.41) is 2.99. The summed E-state index contributed by atoms with van der Waals surface area (Å²) in [6.45, 7) is 2.08. The number of fused-ring (bicyclic) bond motifs is 1. The summed E-state index contributed by atoms with van der Waals surface area (Å²) in [5.41, 5.74) is 11.4. The van der Waals surface area contributed by atoms with E-state index >= 15 is 0 Å². The zero-order valence-corrected chi connectivity index (χ0v) is 11.2. The van der Waals surface area contributed by atoms with Crippen LogP contribution in [0.15, 0.2) is 29.6 Å². The van der Waals surface area contributed by atoms with E-state index in [1.165, 1.54) is 10.4 Å². The van der Waals surface area contributed by atoms with Crippen molar-refractivity contribution in [2.24, 2.45) is 5.84 Å². The number of benzene rings is 1. The molecule has 0 saturated heterocycles. The third-order valence-corrected chi connectivity index (χ3v) is 3.96. The van der Waals surface area contributed by atoms with Gasteiger partial charge in [0, 0.05) is 10.3 Å². The Bertz CT molecular complexity index is 750. The molecule has 0 unspecified atom stereocenters. The monoisotopic (exact) mass is 271 g/mol. The van der Waals surface area contributed by atoms with Gasteiger partial charge in [-0.15, -0.1) is 11.3 Å². The van der Waals surface area contributed by atoms with Crippen LogP contribution in [0.4, 0.5) is 11.8 Å². The molecule has 0 spiro atoms. The number of hydrogen-bond donors (Lipinski definition) is 3. The fourth-order valence-electron chi connectivity index (χ4n) is 1.99. The van der Waals surface area contributed by atoms with E-state index < -0.39 is 0 Å². The highest BCUT2D eigenvalue weighted by atomic mass is 32.1. The minimum Gasteiger partial charge on any atom is -0.368 e. The van der Waals surface area contributed by atoms with Crippen molar-refractivity contribution in [1.82, 2.24) is 9.97 Å². The lowest BCUT2D eigenvalue weighted by Gasteiger charge is -2.07. The third-order valence-electron chi connectivity index (χ3n) is 2.86. The topological polar surface area (TPSA) is 89.8 Å². The minimum absolute atomic E-state index is 0.208. The van der Waals surface area contributed by atoms with E-state index in [0.29, 0.717) is 5.82 Å². The van der Waals surface area contributed by atoms with E-state index in [1.54, 1.807) is 11.3 Å². The van der Waals surface area contributed by atoms with Gasteiger partial charge in [-0.2, -0.15) is 4.98 Å². The predicted molar refractivity (Wildman–Crippen MR) is 79.8 cm³/mol. The lowest BCUT2D eigenvalue weighted by Crippen LogP contribution is -2.11. The van der Waals surface area contributed by atoms with Crippen LogP contribution in [0.3, 0.4) is 0 Å². The smallest absolute Gasteiger partial charge is 0.222 e. The van der Waals surface area contributed by atoms with Crippen molar-refractivity contribution in [1.29, 1.82) is 0 Å². The maximum absolute atomic E-state index is 5.64.